The maximum Gasteiger partial charge on any atom is 0.110 e. The smallest absolute Gasteiger partial charge is 0.110 e. The van der Waals surface area contributed by atoms with Crippen LogP contribution in [0.3, 0.4) is 0 Å². The molecule has 0 bridgehead atoms. The summed E-state index contributed by atoms with van der Waals surface area (Å²) in [5, 5.41) is 3.61. The van der Waals surface area contributed by atoms with E-state index in [4.69, 9.17) is 0 Å². The second-order valence-electron chi connectivity index (χ2n) is 5.18. The average Bonchev–Trinajstić information content (AvgIpc) is 3.04. The molecule has 1 N–H and O–H groups in total. The van der Waals surface area contributed by atoms with Crippen LogP contribution in [0.1, 0.15) is 44.2 Å². The predicted octanol–water partition coefficient (Wildman–Crippen LogP) is 2.31. The molecule has 2 aromatic heterocycles. The van der Waals surface area contributed by atoms with Gasteiger partial charge in [0, 0.05) is 38.6 Å². The van der Waals surface area contributed by atoms with Crippen molar-refractivity contribution in [2.24, 2.45) is 7.05 Å². The van der Waals surface area contributed by atoms with E-state index in [1.807, 2.05) is 25.8 Å². The molecule has 2 aromatic rings. The average molecular weight is 275 g/mol. The van der Waals surface area contributed by atoms with Crippen LogP contribution in [-0.4, -0.2) is 25.6 Å². The molecule has 0 amide bonds. The van der Waals surface area contributed by atoms with Crippen molar-refractivity contribution in [1.82, 2.24) is 24.4 Å². The largest absolute Gasteiger partial charge is 0.336 e. The fourth-order valence-electron chi connectivity index (χ4n) is 2.46. The Morgan fingerprint density at radius 1 is 1.30 bits per heavy atom. The van der Waals surface area contributed by atoms with Gasteiger partial charge < -0.3 is 14.5 Å². The van der Waals surface area contributed by atoms with Crippen LogP contribution >= 0.6 is 0 Å². The highest BCUT2D eigenvalue weighted by Crippen LogP contribution is 2.17. The zero-order chi connectivity index (χ0) is 14.4. The van der Waals surface area contributed by atoms with E-state index in [9.17, 15) is 0 Å². The third kappa shape index (κ3) is 3.48. The van der Waals surface area contributed by atoms with Crippen LogP contribution in [0.15, 0.2) is 24.9 Å². The first kappa shape index (κ1) is 14.8. The lowest BCUT2D eigenvalue weighted by Gasteiger charge is -2.19. The number of hydrogen-bond acceptors (Lipinski definition) is 3. The van der Waals surface area contributed by atoms with E-state index in [2.05, 4.69) is 44.5 Å². The zero-order valence-electron chi connectivity index (χ0n) is 12.7. The maximum atomic E-state index is 4.52. The van der Waals surface area contributed by atoms with Gasteiger partial charge in [0.15, 0.2) is 0 Å². The minimum atomic E-state index is 0.264. The predicted molar refractivity (Wildman–Crippen MR) is 80.5 cm³/mol. The summed E-state index contributed by atoms with van der Waals surface area (Å²) in [7, 11) is 2.04. The number of nitrogens with one attached hydrogen (secondary N) is 1. The lowest BCUT2D eigenvalue weighted by atomic mass is 10.1. The SMILES string of the molecule is CCCNC(Cc1nccn1CCC)c1cncn1C. The summed E-state index contributed by atoms with van der Waals surface area (Å²) >= 11 is 0. The molecular formula is C15H25N5. The standard InChI is InChI=1S/C15H25N5/c1-4-6-17-13(14-11-16-12-19(14)3)10-15-18-7-9-20(15)8-5-2/h7,9,11-13,17H,4-6,8,10H2,1-3H3. The maximum absolute atomic E-state index is 4.52. The molecule has 1 unspecified atom stereocenters. The Labute approximate surface area is 121 Å². The molecule has 0 saturated heterocycles. The summed E-state index contributed by atoms with van der Waals surface area (Å²) in [6.45, 7) is 6.41. The monoisotopic (exact) mass is 275 g/mol. The number of rotatable bonds is 8. The molecule has 20 heavy (non-hydrogen) atoms. The van der Waals surface area contributed by atoms with Gasteiger partial charge in [-0.1, -0.05) is 13.8 Å². The number of hydrogen-bond donors (Lipinski definition) is 1. The van der Waals surface area contributed by atoms with Gasteiger partial charge in [-0.25, -0.2) is 9.97 Å². The first-order chi connectivity index (χ1) is 9.76. The van der Waals surface area contributed by atoms with Crippen molar-refractivity contribution in [1.29, 1.82) is 0 Å². The molecular weight excluding hydrogens is 250 g/mol. The minimum absolute atomic E-state index is 0.264. The van der Waals surface area contributed by atoms with E-state index in [1.54, 1.807) is 0 Å². The van der Waals surface area contributed by atoms with E-state index in [-0.39, 0.29) is 6.04 Å². The number of aryl methyl sites for hydroxylation is 2. The summed E-state index contributed by atoms with van der Waals surface area (Å²) in [5.41, 5.74) is 1.21. The lowest BCUT2D eigenvalue weighted by Crippen LogP contribution is -2.27. The van der Waals surface area contributed by atoms with Gasteiger partial charge >= 0.3 is 0 Å². The summed E-state index contributed by atoms with van der Waals surface area (Å²) in [4.78, 5) is 8.75. The summed E-state index contributed by atoms with van der Waals surface area (Å²) in [6.07, 6.45) is 10.9. The van der Waals surface area contributed by atoms with Crippen molar-refractivity contribution in [3.63, 3.8) is 0 Å². The molecule has 0 spiro atoms. The second kappa shape index (κ2) is 7.24. The first-order valence-corrected chi connectivity index (χ1v) is 7.45. The van der Waals surface area contributed by atoms with Crippen molar-refractivity contribution in [3.05, 3.63) is 36.4 Å². The van der Waals surface area contributed by atoms with E-state index >= 15 is 0 Å². The number of aromatic nitrogens is 4. The molecule has 5 nitrogen and oxygen atoms in total. The Morgan fingerprint density at radius 2 is 2.15 bits per heavy atom. The van der Waals surface area contributed by atoms with E-state index in [0.29, 0.717) is 0 Å². The highest BCUT2D eigenvalue weighted by Gasteiger charge is 2.17. The number of imidazole rings is 2. The van der Waals surface area contributed by atoms with E-state index in [0.717, 1.165) is 38.2 Å². The van der Waals surface area contributed by atoms with Gasteiger partial charge in [-0.05, 0) is 19.4 Å². The third-order valence-electron chi connectivity index (χ3n) is 3.50. The molecule has 0 fully saturated rings. The van der Waals surface area contributed by atoms with Crippen molar-refractivity contribution < 1.29 is 0 Å². The molecule has 0 saturated carbocycles. The summed E-state index contributed by atoms with van der Waals surface area (Å²) in [5.74, 6) is 1.14. The van der Waals surface area contributed by atoms with Crippen LogP contribution in [0.2, 0.25) is 0 Å². The van der Waals surface area contributed by atoms with Gasteiger partial charge in [-0.3, -0.25) is 0 Å². The highest BCUT2D eigenvalue weighted by molar-refractivity contribution is 5.09. The molecule has 0 aliphatic rings. The van der Waals surface area contributed by atoms with Gasteiger partial charge in [-0.15, -0.1) is 0 Å². The van der Waals surface area contributed by atoms with E-state index < -0.39 is 0 Å². The van der Waals surface area contributed by atoms with Crippen LogP contribution in [0.4, 0.5) is 0 Å². The van der Waals surface area contributed by atoms with Gasteiger partial charge in [0.1, 0.15) is 5.82 Å². The van der Waals surface area contributed by atoms with E-state index in [1.165, 1.54) is 5.69 Å². The Hall–Kier alpha value is -1.62. The fraction of sp³-hybridized carbons (Fsp3) is 0.600. The van der Waals surface area contributed by atoms with Crippen LogP contribution in [0, 0.1) is 0 Å². The normalized spacial score (nSPS) is 12.8. The Bertz CT molecular complexity index is 514. The Morgan fingerprint density at radius 3 is 2.80 bits per heavy atom. The molecule has 5 heteroatoms. The second-order valence-corrected chi connectivity index (χ2v) is 5.18. The van der Waals surface area contributed by atoms with Gasteiger partial charge in [0.2, 0.25) is 0 Å². The topological polar surface area (TPSA) is 47.7 Å². The van der Waals surface area contributed by atoms with Crippen LogP contribution in [0.25, 0.3) is 0 Å². The zero-order valence-corrected chi connectivity index (χ0v) is 12.7. The van der Waals surface area contributed by atoms with Crippen molar-refractivity contribution in [2.75, 3.05) is 6.54 Å². The van der Waals surface area contributed by atoms with Crippen LogP contribution in [-0.2, 0) is 20.0 Å². The third-order valence-corrected chi connectivity index (χ3v) is 3.50. The van der Waals surface area contributed by atoms with Gasteiger partial charge in [0.05, 0.1) is 18.1 Å². The Kier molecular flexibility index (Phi) is 5.35. The molecule has 0 aliphatic carbocycles. The van der Waals surface area contributed by atoms with Crippen molar-refractivity contribution in [3.8, 4) is 0 Å². The summed E-state index contributed by atoms with van der Waals surface area (Å²) < 4.78 is 4.33. The molecule has 110 valence electrons. The quantitative estimate of drug-likeness (QED) is 0.804. The minimum Gasteiger partial charge on any atom is -0.336 e. The van der Waals surface area contributed by atoms with Crippen molar-refractivity contribution in [2.45, 2.75) is 45.7 Å². The lowest BCUT2D eigenvalue weighted by molar-refractivity contribution is 0.481. The van der Waals surface area contributed by atoms with Crippen LogP contribution in [0.5, 0.6) is 0 Å². The molecule has 2 heterocycles. The van der Waals surface area contributed by atoms with Crippen molar-refractivity contribution >= 4 is 0 Å². The molecule has 0 aliphatic heterocycles. The van der Waals surface area contributed by atoms with Gasteiger partial charge in [-0.2, -0.15) is 0 Å². The summed E-state index contributed by atoms with van der Waals surface area (Å²) in [6, 6.07) is 0.264. The van der Waals surface area contributed by atoms with Crippen LogP contribution < -0.4 is 5.32 Å². The van der Waals surface area contributed by atoms with Gasteiger partial charge in [0.25, 0.3) is 0 Å². The molecule has 1 atom stereocenters. The molecule has 0 aromatic carbocycles. The molecule has 2 rings (SSSR count). The molecule has 0 radical (unpaired) electrons. The Balaban J connectivity index is 2.15. The fourth-order valence-corrected chi connectivity index (χ4v) is 2.46. The number of nitrogens with zero attached hydrogens (tertiary/aromatic N) is 4. The first-order valence-electron chi connectivity index (χ1n) is 7.45. The highest BCUT2D eigenvalue weighted by atomic mass is 15.1.